The molecule has 0 unspecified atom stereocenters. The highest BCUT2D eigenvalue weighted by Crippen LogP contribution is 2.46. The Morgan fingerprint density at radius 1 is 1.30 bits per heavy atom. The number of sulfonamides is 1. The summed E-state index contributed by atoms with van der Waals surface area (Å²) in [5.41, 5.74) is -1.02. The smallest absolute Gasteiger partial charge is 0.421 e. The Bertz CT molecular complexity index is 449. The number of carboxylic acid groups (broad SMARTS) is 1. The molecule has 0 saturated heterocycles. The summed E-state index contributed by atoms with van der Waals surface area (Å²) in [4.78, 5) is 11.3. The van der Waals surface area contributed by atoms with Gasteiger partial charge in [-0.3, -0.25) is 0 Å². The molecule has 118 valence electrons. The van der Waals surface area contributed by atoms with Gasteiger partial charge in [-0.05, 0) is 33.6 Å². The molecule has 0 aliphatic heterocycles. The van der Waals surface area contributed by atoms with Crippen molar-refractivity contribution in [3.8, 4) is 0 Å². The molecule has 1 aliphatic carbocycles. The molecule has 0 spiro atoms. The van der Waals surface area contributed by atoms with E-state index < -0.39 is 26.4 Å². The molecule has 8 heteroatoms. The van der Waals surface area contributed by atoms with Crippen molar-refractivity contribution in [3.05, 3.63) is 0 Å². The number of ether oxygens (including phenoxy) is 2. The van der Waals surface area contributed by atoms with Gasteiger partial charge in [0.2, 0.25) is 10.0 Å². The average Bonchev–Trinajstić information content (AvgIpc) is 3.02. The zero-order chi connectivity index (χ0) is 15.6. The van der Waals surface area contributed by atoms with E-state index in [-0.39, 0.29) is 13.2 Å². The third-order valence-corrected chi connectivity index (χ3v) is 5.98. The van der Waals surface area contributed by atoms with E-state index >= 15 is 0 Å². The van der Waals surface area contributed by atoms with Crippen LogP contribution >= 0.6 is 0 Å². The number of amides is 1. The molecular formula is C12H23NO6S. The molecule has 1 rings (SSSR count). The van der Waals surface area contributed by atoms with E-state index in [0.717, 1.165) is 0 Å². The molecule has 0 heterocycles. The van der Waals surface area contributed by atoms with Crippen LogP contribution in [-0.2, 0) is 19.5 Å². The number of nitrogens with zero attached hydrogens (tertiary/aromatic N) is 1. The van der Waals surface area contributed by atoms with Crippen LogP contribution < -0.4 is 0 Å². The maximum absolute atomic E-state index is 12.6. The van der Waals surface area contributed by atoms with Gasteiger partial charge in [-0.15, -0.1) is 0 Å². The molecule has 7 nitrogen and oxygen atoms in total. The highest BCUT2D eigenvalue weighted by molar-refractivity contribution is 7.91. The zero-order valence-corrected chi connectivity index (χ0v) is 13.2. The molecule has 1 amide bonds. The van der Waals surface area contributed by atoms with Gasteiger partial charge in [0.1, 0.15) is 4.75 Å². The summed E-state index contributed by atoms with van der Waals surface area (Å²) in [6.07, 6.45) is -0.620. The van der Waals surface area contributed by atoms with E-state index in [1.807, 2.05) is 0 Å². The summed E-state index contributed by atoms with van der Waals surface area (Å²) in [6, 6.07) is 0. The summed E-state index contributed by atoms with van der Waals surface area (Å²) in [5.74, 6) is 0. The number of hydrogen-bond acceptors (Lipinski definition) is 5. The van der Waals surface area contributed by atoms with Crippen LogP contribution in [0.15, 0.2) is 0 Å². The SMILES string of the molecule is COCCOCC1(S(=O)(=O)N(C(=O)O)C(C)(C)C)CC1. The van der Waals surface area contributed by atoms with Gasteiger partial charge in [0.05, 0.1) is 25.4 Å². The Kier molecular flexibility index (Phi) is 5.04. The third-order valence-electron chi connectivity index (χ3n) is 3.18. The normalized spacial score (nSPS) is 17.8. The van der Waals surface area contributed by atoms with Crippen LogP contribution in [-0.4, -0.2) is 61.1 Å². The maximum atomic E-state index is 12.6. The Labute approximate surface area is 119 Å². The monoisotopic (exact) mass is 309 g/mol. The van der Waals surface area contributed by atoms with E-state index in [4.69, 9.17) is 9.47 Å². The third kappa shape index (κ3) is 3.42. The Morgan fingerprint density at radius 2 is 1.85 bits per heavy atom. The fourth-order valence-electron chi connectivity index (χ4n) is 1.96. The van der Waals surface area contributed by atoms with E-state index in [1.165, 1.54) is 7.11 Å². The first kappa shape index (κ1) is 17.2. The Hall–Kier alpha value is -0.860. The average molecular weight is 309 g/mol. The maximum Gasteiger partial charge on any atom is 0.421 e. The second-order valence-electron chi connectivity index (χ2n) is 5.95. The molecule has 1 aliphatic rings. The van der Waals surface area contributed by atoms with Gasteiger partial charge in [0.25, 0.3) is 0 Å². The first-order valence-corrected chi connectivity index (χ1v) is 7.87. The Balaban J connectivity index is 2.88. The van der Waals surface area contributed by atoms with E-state index in [1.54, 1.807) is 20.8 Å². The lowest BCUT2D eigenvalue weighted by Crippen LogP contribution is -2.54. The van der Waals surface area contributed by atoms with Crippen molar-refractivity contribution in [1.82, 2.24) is 4.31 Å². The molecule has 0 aromatic rings. The molecule has 0 atom stereocenters. The van der Waals surface area contributed by atoms with Crippen LogP contribution in [0, 0.1) is 0 Å². The van der Waals surface area contributed by atoms with Crippen LogP contribution in [0.5, 0.6) is 0 Å². The number of rotatable bonds is 7. The van der Waals surface area contributed by atoms with E-state index in [0.29, 0.717) is 23.8 Å². The van der Waals surface area contributed by atoms with Gasteiger partial charge >= 0.3 is 6.09 Å². The lowest BCUT2D eigenvalue weighted by atomic mass is 10.1. The van der Waals surface area contributed by atoms with Gasteiger partial charge in [0.15, 0.2) is 0 Å². The largest absolute Gasteiger partial charge is 0.464 e. The van der Waals surface area contributed by atoms with Crippen molar-refractivity contribution < 1.29 is 27.8 Å². The van der Waals surface area contributed by atoms with Gasteiger partial charge in [-0.25, -0.2) is 13.2 Å². The van der Waals surface area contributed by atoms with E-state index in [2.05, 4.69) is 0 Å². The highest BCUT2D eigenvalue weighted by atomic mass is 32.2. The summed E-state index contributed by atoms with van der Waals surface area (Å²) < 4.78 is 34.8. The molecule has 0 aromatic carbocycles. The molecule has 0 bridgehead atoms. The van der Waals surface area contributed by atoms with Crippen LogP contribution in [0.1, 0.15) is 33.6 Å². The minimum Gasteiger partial charge on any atom is -0.464 e. The second-order valence-corrected chi connectivity index (χ2v) is 8.13. The standard InChI is InChI=1S/C12H23NO6S/c1-11(2,3)13(10(14)15)20(16,17)12(5-6-12)9-19-8-7-18-4/h5-9H2,1-4H3,(H,14,15). The predicted molar refractivity (Wildman–Crippen MR) is 73.2 cm³/mol. The van der Waals surface area contributed by atoms with Crippen molar-refractivity contribution in [3.63, 3.8) is 0 Å². The summed E-state index contributed by atoms with van der Waals surface area (Å²) >= 11 is 0. The summed E-state index contributed by atoms with van der Waals surface area (Å²) in [5, 5.41) is 9.23. The first-order valence-electron chi connectivity index (χ1n) is 6.43. The second kappa shape index (κ2) is 5.87. The molecule has 1 fully saturated rings. The minimum absolute atomic E-state index is 0.00144. The Morgan fingerprint density at radius 3 is 2.20 bits per heavy atom. The lowest BCUT2D eigenvalue weighted by molar-refractivity contribution is 0.0669. The molecule has 1 N–H and O–H groups in total. The van der Waals surface area contributed by atoms with Crippen molar-refractivity contribution in [2.45, 2.75) is 43.9 Å². The zero-order valence-electron chi connectivity index (χ0n) is 12.4. The van der Waals surface area contributed by atoms with Crippen LogP contribution in [0.4, 0.5) is 4.79 Å². The fraction of sp³-hybridized carbons (Fsp3) is 0.917. The lowest BCUT2D eigenvalue weighted by Gasteiger charge is -2.35. The first-order chi connectivity index (χ1) is 9.08. The highest BCUT2D eigenvalue weighted by Gasteiger charge is 2.60. The topological polar surface area (TPSA) is 93.1 Å². The van der Waals surface area contributed by atoms with Crippen molar-refractivity contribution in [2.75, 3.05) is 26.9 Å². The summed E-state index contributed by atoms with van der Waals surface area (Å²) in [7, 11) is -2.44. The quantitative estimate of drug-likeness (QED) is 0.712. The number of methoxy groups -OCH3 is 1. The number of hydrogen-bond donors (Lipinski definition) is 1. The summed E-state index contributed by atoms with van der Waals surface area (Å²) in [6.45, 7) is 5.33. The van der Waals surface area contributed by atoms with Gasteiger partial charge in [-0.2, -0.15) is 4.31 Å². The van der Waals surface area contributed by atoms with Crippen LogP contribution in [0.25, 0.3) is 0 Å². The molecule has 20 heavy (non-hydrogen) atoms. The molecule has 0 aromatic heterocycles. The van der Waals surface area contributed by atoms with Crippen LogP contribution in [0.2, 0.25) is 0 Å². The number of carbonyl (C=O) groups is 1. The van der Waals surface area contributed by atoms with Crippen molar-refractivity contribution >= 4 is 16.1 Å². The van der Waals surface area contributed by atoms with Gasteiger partial charge in [-0.1, -0.05) is 0 Å². The van der Waals surface area contributed by atoms with Gasteiger partial charge < -0.3 is 14.6 Å². The molecular weight excluding hydrogens is 286 g/mol. The minimum atomic E-state index is -3.97. The van der Waals surface area contributed by atoms with Crippen LogP contribution in [0.3, 0.4) is 0 Å². The van der Waals surface area contributed by atoms with Crippen molar-refractivity contribution in [2.24, 2.45) is 0 Å². The van der Waals surface area contributed by atoms with Gasteiger partial charge in [0, 0.05) is 7.11 Å². The molecule has 0 radical (unpaired) electrons. The van der Waals surface area contributed by atoms with Crippen molar-refractivity contribution in [1.29, 1.82) is 0 Å². The van der Waals surface area contributed by atoms with E-state index in [9.17, 15) is 18.3 Å². The predicted octanol–water partition coefficient (Wildman–Crippen LogP) is 1.29. The fourth-order valence-corrected chi connectivity index (χ4v) is 4.12. The molecule has 1 saturated carbocycles.